The smallest absolute Gasteiger partial charge is 0.309 e. The monoisotopic (exact) mass is 201 g/mol. The highest BCUT2D eigenvalue weighted by Gasteiger charge is 2.28. The molecule has 14 heavy (non-hydrogen) atoms. The number of ether oxygens (including phenoxy) is 1. The van der Waals surface area contributed by atoms with Gasteiger partial charge in [-0.2, -0.15) is 0 Å². The summed E-state index contributed by atoms with van der Waals surface area (Å²) in [5, 5.41) is 11.2. The zero-order valence-corrected chi connectivity index (χ0v) is 9.13. The van der Waals surface area contributed by atoms with Gasteiger partial charge in [0.1, 0.15) is 5.60 Å². The van der Waals surface area contributed by atoms with E-state index >= 15 is 0 Å². The summed E-state index contributed by atoms with van der Waals surface area (Å²) in [4.78, 5) is 11.6. The van der Waals surface area contributed by atoms with Crippen molar-refractivity contribution in [2.45, 2.75) is 39.2 Å². The van der Waals surface area contributed by atoms with Gasteiger partial charge in [-0.15, -0.1) is 0 Å². The molecule has 82 valence electrons. The van der Waals surface area contributed by atoms with Gasteiger partial charge in [-0.25, -0.2) is 0 Å². The summed E-state index contributed by atoms with van der Waals surface area (Å²) in [5.41, 5.74) is -0.418. The number of carbonyl (C=O) groups excluding carboxylic acids is 1. The molecule has 0 aromatic rings. The normalized spacial score (nSPS) is 28.6. The van der Waals surface area contributed by atoms with Gasteiger partial charge in [0.15, 0.2) is 0 Å². The summed E-state index contributed by atoms with van der Waals surface area (Å²) in [6, 6.07) is 0. The van der Waals surface area contributed by atoms with Crippen molar-refractivity contribution in [3.63, 3.8) is 0 Å². The van der Waals surface area contributed by atoms with Crippen LogP contribution in [0, 0.1) is 11.1 Å². The number of nitrogens with one attached hydrogen (secondary N) is 1. The molecule has 1 rings (SSSR count). The van der Waals surface area contributed by atoms with Crippen molar-refractivity contribution in [2.24, 2.45) is 5.92 Å². The first kappa shape index (κ1) is 11.5. The van der Waals surface area contributed by atoms with Gasteiger partial charge in [-0.1, -0.05) is 0 Å². The molecule has 1 aliphatic rings. The first-order valence-corrected chi connectivity index (χ1v) is 5.13. The zero-order valence-electron chi connectivity index (χ0n) is 9.13. The highest BCUT2D eigenvalue weighted by atomic mass is 16.6. The molecule has 0 bridgehead atoms. The lowest BCUT2D eigenvalue weighted by Gasteiger charge is -2.31. The molecular weight excluding hydrogens is 182 g/mol. The average molecular weight is 201 g/mol. The molecule has 0 aromatic heterocycles. The third-order valence-corrected chi connectivity index (χ3v) is 2.28. The minimum Gasteiger partial charge on any atom is -0.634 e. The molecule has 1 saturated heterocycles. The Hall–Kier alpha value is -0.610. The number of piperidine rings is 1. The topological polar surface area (TPSA) is 53.8 Å². The molecule has 0 amide bonds. The fourth-order valence-electron chi connectivity index (χ4n) is 1.56. The van der Waals surface area contributed by atoms with Gasteiger partial charge in [0.05, 0.1) is 19.0 Å². The summed E-state index contributed by atoms with van der Waals surface area (Å²) >= 11 is 0. The van der Waals surface area contributed by atoms with E-state index in [1.165, 1.54) is 0 Å². The number of esters is 1. The van der Waals surface area contributed by atoms with E-state index in [9.17, 15) is 10.0 Å². The van der Waals surface area contributed by atoms with Crippen molar-refractivity contribution in [1.29, 1.82) is 0 Å². The second-order valence-corrected chi connectivity index (χ2v) is 4.85. The highest BCUT2D eigenvalue weighted by molar-refractivity contribution is 5.72. The maximum absolute atomic E-state index is 11.6. The van der Waals surface area contributed by atoms with Crippen LogP contribution < -0.4 is 5.06 Å². The van der Waals surface area contributed by atoms with Crippen LogP contribution in [-0.4, -0.2) is 24.7 Å². The van der Waals surface area contributed by atoms with Crippen molar-refractivity contribution in [3.05, 3.63) is 5.21 Å². The van der Waals surface area contributed by atoms with Crippen LogP contribution in [0.1, 0.15) is 33.6 Å². The first-order valence-electron chi connectivity index (χ1n) is 5.13. The van der Waals surface area contributed by atoms with Crippen molar-refractivity contribution in [2.75, 3.05) is 13.1 Å². The summed E-state index contributed by atoms with van der Waals surface area (Å²) in [6.45, 7) is 6.64. The Labute approximate surface area is 84.8 Å². The number of quaternary nitrogens is 1. The van der Waals surface area contributed by atoms with Crippen LogP contribution in [0.15, 0.2) is 0 Å². The Morgan fingerprint density at radius 3 is 2.29 bits per heavy atom. The van der Waals surface area contributed by atoms with Crippen molar-refractivity contribution in [1.82, 2.24) is 0 Å². The van der Waals surface area contributed by atoms with E-state index in [0.29, 0.717) is 25.9 Å². The van der Waals surface area contributed by atoms with E-state index in [-0.39, 0.29) is 17.0 Å². The Balaban J connectivity index is 2.38. The third kappa shape index (κ3) is 3.64. The lowest BCUT2D eigenvalue weighted by molar-refractivity contribution is -0.854. The number of rotatable bonds is 1. The van der Waals surface area contributed by atoms with Gasteiger partial charge in [-0.05, 0) is 20.8 Å². The van der Waals surface area contributed by atoms with E-state index in [0.717, 1.165) is 0 Å². The first-order chi connectivity index (χ1) is 6.38. The van der Waals surface area contributed by atoms with Crippen LogP contribution >= 0.6 is 0 Å². The molecule has 0 saturated carbocycles. The van der Waals surface area contributed by atoms with Gasteiger partial charge in [0.2, 0.25) is 0 Å². The molecule has 4 nitrogen and oxygen atoms in total. The zero-order chi connectivity index (χ0) is 10.8. The molecule has 0 atom stereocenters. The molecule has 0 unspecified atom stereocenters. The van der Waals surface area contributed by atoms with Gasteiger partial charge in [0.25, 0.3) is 0 Å². The highest BCUT2D eigenvalue weighted by Crippen LogP contribution is 2.16. The molecule has 0 aliphatic carbocycles. The molecular formula is C10H19NO3. The second-order valence-electron chi connectivity index (χ2n) is 4.85. The largest absolute Gasteiger partial charge is 0.634 e. The molecule has 1 aliphatic heterocycles. The maximum Gasteiger partial charge on any atom is 0.309 e. The fourth-order valence-corrected chi connectivity index (χ4v) is 1.56. The van der Waals surface area contributed by atoms with E-state index in [4.69, 9.17) is 4.74 Å². The molecule has 1 N–H and O–H groups in total. The van der Waals surface area contributed by atoms with Crippen molar-refractivity contribution < 1.29 is 14.6 Å². The third-order valence-electron chi connectivity index (χ3n) is 2.28. The Morgan fingerprint density at radius 1 is 1.36 bits per heavy atom. The summed E-state index contributed by atoms with van der Waals surface area (Å²) in [6.07, 6.45) is 1.32. The summed E-state index contributed by atoms with van der Waals surface area (Å²) < 4.78 is 5.26. The van der Waals surface area contributed by atoms with Gasteiger partial charge >= 0.3 is 5.97 Å². The van der Waals surface area contributed by atoms with E-state index in [1.807, 2.05) is 20.8 Å². The fraction of sp³-hybridized carbons (Fsp3) is 0.900. The standard InChI is InChI=1S/C10H19NO3/c1-10(2,3)14-9(12)8-4-6-11(13)7-5-8/h8,11H,4-7H2,1-3H3. The number of carbonyl (C=O) groups is 1. The Bertz CT molecular complexity index is 202. The number of hydrogen-bond donors (Lipinski definition) is 1. The second kappa shape index (κ2) is 4.28. The lowest BCUT2D eigenvalue weighted by Crippen LogP contribution is -3.08. The van der Waals surface area contributed by atoms with Crippen LogP contribution in [0.25, 0.3) is 0 Å². The van der Waals surface area contributed by atoms with E-state index in [2.05, 4.69) is 0 Å². The predicted octanol–water partition coefficient (Wildman–Crippen LogP) is 0.121. The van der Waals surface area contributed by atoms with Crippen LogP contribution in [0.3, 0.4) is 0 Å². The van der Waals surface area contributed by atoms with Crippen LogP contribution in [-0.2, 0) is 9.53 Å². The maximum atomic E-state index is 11.6. The van der Waals surface area contributed by atoms with Gasteiger partial charge in [-0.3, -0.25) is 4.79 Å². The molecule has 0 spiro atoms. The minimum absolute atomic E-state index is 0.0630. The minimum atomic E-state index is -0.418. The lowest BCUT2D eigenvalue weighted by atomic mass is 9.98. The van der Waals surface area contributed by atoms with Crippen LogP contribution in [0.5, 0.6) is 0 Å². The van der Waals surface area contributed by atoms with E-state index < -0.39 is 5.60 Å². The van der Waals surface area contributed by atoms with Crippen molar-refractivity contribution >= 4 is 5.97 Å². The molecule has 0 aromatic carbocycles. The number of hydrogen-bond acceptors (Lipinski definition) is 3. The van der Waals surface area contributed by atoms with Crippen LogP contribution in [0.4, 0.5) is 0 Å². The van der Waals surface area contributed by atoms with Crippen molar-refractivity contribution in [3.8, 4) is 0 Å². The van der Waals surface area contributed by atoms with E-state index in [1.54, 1.807) is 0 Å². The average Bonchev–Trinajstić information content (AvgIpc) is 2.02. The molecule has 0 radical (unpaired) electrons. The summed E-state index contributed by atoms with van der Waals surface area (Å²) in [5.74, 6) is -0.211. The number of hydroxylamine groups is 2. The molecule has 4 heteroatoms. The Kier molecular flexibility index (Phi) is 3.50. The Morgan fingerprint density at radius 2 is 1.86 bits per heavy atom. The molecule has 1 heterocycles. The summed E-state index contributed by atoms with van der Waals surface area (Å²) in [7, 11) is 0. The van der Waals surface area contributed by atoms with Crippen LogP contribution in [0.2, 0.25) is 0 Å². The predicted molar refractivity (Wildman–Crippen MR) is 52.6 cm³/mol. The van der Waals surface area contributed by atoms with Gasteiger partial charge < -0.3 is 15.0 Å². The SMILES string of the molecule is CC(C)(C)OC(=O)C1CC[NH+]([O-])CC1. The molecule has 1 fully saturated rings. The quantitative estimate of drug-likeness (QED) is 0.484. The van der Waals surface area contributed by atoms with Gasteiger partial charge in [0, 0.05) is 12.8 Å².